The molecule has 2 nitrogen and oxygen atoms in total. The van der Waals surface area contributed by atoms with Crippen LogP contribution in [0.4, 0.5) is 0 Å². The van der Waals surface area contributed by atoms with E-state index in [-0.39, 0.29) is 6.61 Å². The number of hydrogen-bond acceptors (Lipinski definition) is 2. The Morgan fingerprint density at radius 3 is 2.58 bits per heavy atom. The third kappa shape index (κ3) is 1.91. The lowest BCUT2D eigenvalue weighted by atomic mass is 9.71. The number of aliphatic hydroxyl groups excluding tert-OH is 1. The van der Waals surface area contributed by atoms with Gasteiger partial charge in [-0.15, -0.1) is 0 Å². The smallest absolute Gasteiger partial charge is 0.185 e. The first-order valence-corrected chi connectivity index (χ1v) is 8.94. The molecule has 0 saturated carbocycles. The van der Waals surface area contributed by atoms with Gasteiger partial charge in [-0.2, -0.15) is 0 Å². The predicted molar refractivity (Wildman–Crippen MR) is 103 cm³/mol. The zero-order chi connectivity index (χ0) is 17.9. The lowest BCUT2D eigenvalue weighted by Gasteiger charge is -2.38. The topological polar surface area (TPSA) is 29.5 Å². The summed E-state index contributed by atoms with van der Waals surface area (Å²) in [6.07, 6.45) is 0.912. The van der Waals surface area contributed by atoms with Gasteiger partial charge < -0.3 is 9.84 Å². The average molecular weight is 340 g/mol. The van der Waals surface area contributed by atoms with E-state index in [4.69, 9.17) is 4.74 Å². The molecule has 1 unspecified atom stereocenters. The Balaban J connectivity index is 1.87. The second-order valence-corrected chi connectivity index (χ2v) is 7.24. The molecule has 1 aliphatic heterocycles. The number of rotatable bonds is 1. The molecule has 0 saturated heterocycles. The normalized spacial score (nSPS) is 19.7. The Bertz CT molecular complexity index is 1060. The van der Waals surface area contributed by atoms with Crippen LogP contribution in [0, 0.1) is 6.92 Å². The first-order valence-electron chi connectivity index (χ1n) is 8.94. The highest BCUT2D eigenvalue weighted by molar-refractivity contribution is 5.74. The summed E-state index contributed by atoms with van der Waals surface area (Å²) in [5.74, 6) is 0.665. The fraction of sp³-hybridized carbons (Fsp3) is 0.167. The van der Waals surface area contributed by atoms with Gasteiger partial charge in [0.25, 0.3) is 0 Å². The molecule has 2 heteroatoms. The van der Waals surface area contributed by atoms with Gasteiger partial charge >= 0.3 is 0 Å². The lowest BCUT2D eigenvalue weighted by Crippen LogP contribution is -2.34. The quantitative estimate of drug-likeness (QED) is 0.697. The number of aliphatic hydroxyl groups is 1. The molecule has 128 valence electrons. The van der Waals surface area contributed by atoms with E-state index in [2.05, 4.69) is 62.0 Å². The van der Waals surface area contributed by atoms with Crippen molar-refractivity contribution in [2.75, 3.05) is 0 Å². The van der Waals surface area contributed by atoms with Crippen LogP contribution in [-0.4, -0.2) is 5.11 Å². The van der Waals surface area contributed by atoms with E-state index in [0.717, 1.165) is 23.1 Å². The fourth-order valence-electron chi connectivity index (χ4n) is 4.50. The summed E-state index contributed by atoms with van der Waals surface area (Å²) in [4.78, 5) is 0. The highest BCUT2D eigenvalue weighted by Crippen LogP contribution is 2.54. The standard InChI is InChI=1S/C24H20O2/c1-15-7-9-22-19(11-15)13-18-5-3-4-6-21(18)24(22)23-10-8-17(14-25)12-20(23)16(2)26-24/h3-12,25H,2,13-14H2,1H3. The highest BCUT2D eigenvalue weighted by Gasteiger charge is 2.50. The minimum atomic E-state index is -0.654. The lowest BCUT2D eigenvalue weighted by molar-refractivity contribution is 0.135. The molecule has 0 aromatic heterocycles. The first-order chi connectivity index (χ1) is 12.6. The van der Waals surface area contributed by atoms with Gasteiger partial charge in [0.2, 0.25) is 0 Å². The van der Waals surface area contributed by atoms with Crippen LogP contribution >= 0.6 is 0 Å². The van der Waals surface area contributed by atoms with E-state index in [0.29, 0.717) is 5.76 Å². The third-order valence-corrected chi connectivity index (χ3v) is 5.64. The van der Waals surface area contributed by atoms with Crippen LogP contribution in [0.2, 0.25) is 0 Å². The summed E-state index contributed by atoms with van der Waals surface area (Å²) in [7, 11) is 0. The molecule has 3 aromatic rings. The molecule has 0 radical (unpaired) electrons. The van der Waals surface area contributed by atoms with Gasteiger partial charge in [-0.1, -0.05) is 66.7 Å². The molecule has 3 aromatic carbocycles. The summed E-state index contributed by atoms with van der Waals surface area (Å²) in [5.41, 5.74) is 8.54. The molecule has 1 N–H and O–H groups in total. The minimum absolute atomic E-state index is 0.0138. The molecule has 5 rings (SSSR count). The van der Waals surface area contributed by atoms with Crippen LogP contribution in [0.25, 0.3) is 5.76 Å². The summed E-state index contributed by atoms with van der Waals surface area (Å²) in [6, 6.07) is 21.2. The maximum absolute atomic E-state index is 9.53. The maximum Gasteiger partial charge on any atom is 0.185 e. The van der Waals surface area contributed by atoms with Gasteiger partial charge in [-0.3, -0.25) is 0 Å². The van der Waals surface area contributed by atoms with Crippen LogP contribution < -0.4 is 0 Å². The van der Waals surface area contributed by atoms with Gasteiger partial charge in [0.15, 0.2) is 5.60 Å². The van der Waals surface area contributed by atoms with Gasteiger partial charge in [-0.25, -0.2) is 0 Å². The average Bonchev–Trinajstić information content (AvgIpc) is 2.94. The van der Waals surface area contributed by atoms with Crippen molar-refractivity contribution in [1.82, 2.24) is 0 Å². The van der Waals surface area contributed by atoms with E-state index >= 15 is 0 Å². The van der Waals surface area contributed by atoms with Crippen molar-refractivity contribution >= 4 is 5.76 Å². The number of hydrogen-bond donors (Lipinski definition) is 1. The van der Waals surface area contributed by atoms with Crippen LogP contribution in [0.3, 0.4) is 0 Å². The number of fused-ring (bicyclic) bond motifs is 6. The van der Waals surface area contributed by atoms with Crippen LogP contribution in [0.5, 0.6) is 0 Å². The zero-order valence-electron chi connectivity index (χ0n) is 14.8. The van der Waals surface area contributed by atoms with Crippen LogP contribution in [0.15, 0.2) is 67.2 Å². The van der Waals surface area contributed by atoms with Crippen LogP contribution in [-0.2, 0) is 23.4 Å². The molecule has 1 spiro atoms. The molecule has 0 fully saturated rings. The molecule has 1 atom stereocenters. The second kappa shape index (κ2) is 5.33. The van der Waals surface area contributed by atoms with Crippen molar-refractivity contribution in [3.05, 3.63) is 112 Å². The van der Waals surface area contributed by atoms with Crippen molar-refractivity contribution < 1.29 is 9.84 Å². The highest BCUT2D eigenvalue weighted by atomic mass is 16.5. The molecular weight excluding hydrogens is 320 g/mol. The Kier molecular flexibility index (Phi) is 3.16. The van der Waals surface area contributed by atoms with Gasteiger partial charge in [0.1, 0.15) is 5.76 Å². The summed E-state index contributed by atoms with van der Waals surface area (Å²) < 4.78 is 6.58. The van der Waals surface area contributed by atoms with Crippen LogP contribution in [0.1, 0.15) is 44.5 Å². The SMILES string of the molecule is C=C1OC2(c3ccccc3Cc3cc(C)ccc32)c2ccc(CO)cc21. The maximum atomic E-state index is 9.53. The molecule has 0 bridgehead atoms. The van der Waals surface area contributed by atoms with Crippen molar-refractivity contribution in [2.45, 2.75) is 25.6 Å². The van der Waals surface area contributed by atoms with E-state index < -0.39 is 5.60 Å². The van der Waals surface area contributed by atoms with E-state index in [9.17, 15) is 5.11 Å². The number of ether oxygens (including phenoxy) is 1. The Morgan fingerprint density at radius 2 is 1.73 bits per heavy atom. The van der Waals surface area contributed by atoms with Gasteiger partial charge in [0.05, 0.1) is 6.61 Å². The molecule has 1 aliphatic carbocycles. The predicted octanol–water partition coefficient (Wildman–Crippen LogP) is 4.68. The number of aryl methyl sites for hydroxylation is 1. The summed E-state index contributed by atoms with van der Waals surface area (Å²) >= 11 is 0. The molecular formula is C24H20O2. The first kappa shape index (κ1) is 15.4. The van der Waals surface area contributed by atoms with Crippen molar-refractivity contribution in [2.24, 2.45) is 0 Å². The number of benzene rings is 3. The third-order valence-electron chi connectivity index (χ3n) is 5.64. The molecule has 26 heavy (non-hydrogen) atoms. The van der Waals surface area contributed by atoms with Gasteiger partial charge in [-0.05, 0) is 36.1 Å². The summed E-state index contributed by atoms with van der Waals surface area (Å²) in [5, 5.41) is 9.53. The Morgan fingerprint density at radius 1 is 0.962 bits per heavy atom. The van der Waals surface area contributed by atoms with Crippen molar-refractivity contribution in [3.63, 3.8) is 0 Å². The minimum Gasteiger partial charge on any atom is -0.473 e. The monoisotopic (exact) mass is 340 g/mol. The Hall–Kier alpha value is -2.84. The van der Waals surface area contributed by atoms with Crippen molar-refractivity contribution in [3.8, 4) is 0 Å². The fourth-order valence-corrected chi connectivity index (χ4v) is 4.50. The summed E-state index contributed by atoms with van der Waals surface area (Å²) in [6.45, 7) is 6.32. The van der Waals surface area contributed by atoms with E-state index in [1.54, 1.807) is 0 Å². The zero-order valence-corrected chi connectivity index (χ0v) is 14.8. The van der Waals surface area contributed by atoms with E-state index in [1.807, 2.05) is 12.1 Å². The molecule has 0 amide bonds. The van der Waals surface area contributed by atoms with Crippen molar-refractivity contribution in [1.29, 1.82) is 0 Å². The largest absolute Gasteiger partial charge is 0.473 e. The van der Waals surface area contributed by atoms with Gasteiger partial charge in [0, 0.05) is 22.3 Å². The Labute approximate surface area is 153 Å². The molecule has 2 aliphatic rings. The molecule has 1 heterocycles. The van der Waals surface area contributed by atoms with E-state index in [1.165, 1.54) is 27.8 Å². The second-order valence-electron chi connectivity index (χ2n) is 7.24.